The number of amides is 2. The Hall–Kier alpha value is -2.65. The van der Waals surface area contributed by atoms with Gasteiger partial charge in [0.25, 0.3) is 0 Å². The highest BCUT2D eigenvalue weighted by Gasteiger charge is 2.30. The summed E-state index contributed by atoms with van der Waals surface area (Å²) < 4.78 is 25.4. The summed E-state index contributed by atoms with van der Waals surface area (Å²) in [4.78, 5) is 28.0. The molecule has 2 aromatic rings. The summed E-state index contributed by atoms with van der Waals surface area (Å²) in [5, 5.41) is 5.19. The van der Waals surface area contributed by atoms with E-state index in [9.17, 15) is 18.0 Å². The fourth-order valence-corrected chi connectivity index (χ4v) is 4.49. The minimum Gasteiger partial charge on any atom is -0.344 e. The van der Waals surface area contributed by atoms with Crippen molar-refractivity contribution in [3.05, 3.63) is 53.3 Å². The van der Waals surface area contributed by atoms with Gasteiger partial charge in [0, 0.05) is 31.2 Å². The number of rotatable bonds is 4. The molecule has 0 radical (unpaired) electrons. The van der Waals surface area contributed by atoms with E-state index < -0.39 is 21.8 Å². The number of hydrogen-bond acceptors (Lipinski definition) is 5. The molecule has 0 saturated carbocycles. The Balaban J connectivity index is 1.67. The Labute approximate surface area is 161 Å². The van der Waals surface area contributed by atoms with Gasteiger partial charge in [-0.15, -0.1) is 0 Å². The predicted octanol–water partition coefficient (Wildman–Crippen LogP) is 1.53. The van der Waals surface area contributed by atoms with Crippen molar-refractivity contribution >= 4 is 44.8 Å². The first-order valence-corrected chi connectivity index (χ1v) is 10.1. The lowest BCUT2D eigenvalue weighted by Crippen LogP contribution is -2.35. The van der Waals surface area contributed by atoms with Gasteiger partial charge < -0.3 is 10.6 Å². The van der Waals surface area contributed by atoms with Gasteiger partial charge in [-0.2, -0.15) is 0 Å². The number of nitrogens with zero attached hydrogens (tertiary/aromatic N) is 2. The summed E-state index contributed by atoms with van der Waals surface area (Å²) in [6, 6.07) is 7.92. The van der Waals surface area contributed by atoms with Crippen LogP contribution >= 0.6 is 11.6 Å². The number of carbonyl (C=O) groups excluding carboxylic acids is 2. The normalized spacial score (nSPS) is 15.4. The molecule has 1 aromatic carbocycles. The number of anilines is 2. The minimum absolute atomic E-state index is 0.0522. The van der Waals surface area contributed by atoms with Crippen LogP contribution in [0.4, 0.5) is 11.4 Å². The van der Waals surface area contributed by atoms with Crippen LogP contribution < -0.4 is 14.9 Å². The lowest BCUT2D eigenvalue weighted by Gasteiger charge is -2.19. The summed E-state index contributed by atoms with van der Waals surface area (Å²) in [6.45, 7) is 0.489. The first kappa shape index (κ1) is 19.1. The summed E-state index contributed by atoms with van der Waals surface area (Å²) in [5.41, 5.74) is 1.31. The molecule has 1 fully saturated rings. The third-order valence-corrected chi connectivity index (χ3v) is 6.13. The average molecular weight is 409 g/mol. The van der Waals surface area contributed by atoms with Crippen LogP contribution in [-0.2, 0) is 26.2 Å². The average Bonchev–Trinajstić information content (AvgIpc) is 3.01. The van der Waals surface area contributed by atoms with Crippen molar-refractivity contribution in [2.45, 2.75) is 13.0 Å². The molecule has 0 spiro atoms. The number of carbonyl (C=O) groups is 2. The molecule has 8 nitrogen and oxygen atoms in total. The first-order chi connectivity index (χ1) is 12.9. The number of sulfonamides is 1. The molecular weight excluding hydrogens is 392 g/mol. The van der Waals surface area contributed by atoms with Gasteiger partial charge in [-0.05, 0) is 36.2 Å². The van der Waals surface area contributed by atoms with Crippen LogP contribution in [0.3, 0.4) is 0 Å². The molecule has 2 N–H and O–H groups in total. The van der Waals surface area contributed by atoms with Crippen LogP contribution in [0.25, 0.3) is 0 Å². The van der Waals surface area contributed by atoms with Crippen molar-refractivity contribution < 1.29 is 18.0 Å². The van der Waals surface area contributed by atoms with E-state index in [2.05, 4.69) is 15.6 Å². The summed E-state index contributed by atoms with van der Waals surface area (Å²) in [7, 11) is -3.41. The number of nitrogens with one attached hydrogen (secondary N) is 2. The largest absolute Gasteiger partial charge is 0.344 e. The molecular formula is C17H17ClN4O4S. The topological polar surface area (TPSA) is 108 Å². The second kappa shape index (κ2) is 7.93. The van der Waals surface area contributed by atoms with E-state index in [1.807, 2.05) is 0 Å². The Bertz CT molecular complexity index is 966. The highest BCUT2D eigenvalue weighted by Crippen LogP contribution is 2.33. The molecule has 2 heterocycles. The summed E-state index contributed by atoms with van der Waals surface area (Å²) in [6.07, 6.45) is 3.70. The van der Waals surface area contributed by atoms with Gasteiger partial charge in [-0.1, -0.05) is 17.7 Å². The lowest BCUT2D eigenvalue weighted by molar-refractivity contribution is -0.136. The molecule has 1 aliphatic rings. The van der Waals surface area contributed by atoms with Crippen LogP contribution in [0, 0.1) is 0 Å². The van der Waals surface area contributed by atoms with Crippen LogP contribution in [0.2, 0.25) is 5.02 Å². The molecule has 27 heavy (non-hydrogen) atoms. The highest BCUT2D eigenvalue weighted by molar-refractivity contribution is 7.93. The second-order valence-corrected chi connectivity index (χ2v) is 8.33. The maximum atomic E-state index is 12.1. The van der Waals surface area contributed by atoms with Gasteiger partial charge >= 0.3 is 11.8 Å². The van der Waals surface area contributed by atoms with E-state index >= 15 is 0 Å². The number of halogens is 1. The van der Waals surface area contributed by atoms with E-state index in [1.165, 1.54) is 22.5 Å². The zero-order valence-corrected chi connectivity index (χ0v) is 15.8. The summed E-state index contributed by atoms with van der Waals surface area (Å²) >= 11 is 6.12. The molecule has 2 amide bonds. The molecule has 1 aliphatic heterocycles. The molecule has 0 atom stereocenters. The van der Waals surface area contributed by atoms with Crippen molar-refractivity contribution in [3.63, 3.8) is 0 Å². The number of benzene rings is 1. The van der Waals surface area contributed by atoms with Gasteiger partial charge in [0.15, 0.2) is 0 Å². The number of hydrogen-bond donors (Lipinski definition) is 2. The molecule has 10 heteroatoms. The smallest absolute Gasteiger partial charge is 0.313 e. The standard InChI is InChI=1S/C17H17ClN4O4S/c18-14-5-4-13(9-15(14)22-7-2-8-27(22,25)26)21-17(24)16(23)20-11-12-3-1-6-19-10-12/h1,3-6,9-10H,2,7-8,11H2,(H,20,23)(H,21,24). The Kier molecular flexibility index (Phi) is 5.62. The molecule has 1 saturated heterocycles. The van der Waals surface area contributed by atoms with E-state index in [-0.39, 0.29) is 28.7 Å². The van der Waals surface area contributed by atoms with Crippen LogP contribution in [0.15, 0.2) is 42.7 Å². The monoisotopic (exact) mass is 408 g/mol. The van der Waals surface area contributed by atoms with Crippen molar-refractivity contribution in [2.75, 3.05) is 21.9 Å². The Morgan fingerprint density at radius 1 is 1.22 bits per heavy atom. The first-order valence-electron chi connectivity index (χ1n) is 8.15. The Morgan fingerprint density at radius 2 is 2.04 bits per heavy atom. The van der Waals surface area contributed by atoms with Gasteiger partial charge in [0.05, 0.1) is 16.5 Å². The maximum Gasteiger partial charge on any atom is 0.313 e. The Morgan fingerprint density at radius 3 is 2.70 bits per heavy atom. The molecule has 142 valence electrons. The predicted molar refractivity (Wildman–Crippen MR) is 102 cm³/mol. The van der Waals surface area contributed by atoms with Gasteiger partial charge in [0.1, 0.15) is 0 Å². The van der Waals surface area contributed by atoms with E-state index in [4.69, 9.17) is 11.6 Å². The fraction of sp³-hybridized carbons (Fsp3) is 0.235. The van der Waals surface area contributed by atoms with E-state index in [0.717, 1.165) is 5.56 Å². The van der Waals surface area contributed by atoms with Gasteiger partial charge in [-0.25, -0.2) is 8.42 Å². The second-order valence-electron chi connectivity index (χ2n) is 5.91. The molecule has 0 unspecified atom stereocenters. The van der Waals surface area contributed by atoms with Gasteiger partial charge in [-0.3, -0.25) is 18.9 Å². The van der Waals surface area contributed by atoms with E-state index in [0.29, 0.717) is 13.0 Å². The van der Waals surface area contributed by atoms with Crippen molar-refractivity contribution in [3.8, 4) is 0 Å². The van der Waals surface area contributed by atoms with Crippen LogP contribution in [0.5, 0.6) is 0 Å². The quantitative estimate of drug-likeness (QED) is 0.746. The highest BCUT2D eigenvalue weighted by atomic mass is 35.5. The zero-order chi connectivity index (χ0) is 19.4. The van der Waals surface area contributed by atoms with E-state index in [1.54, 1.807) is 24.5 Å². The molecule has 0 aliphatic carbocycles. The van der Waals surface area contributed by atoms with Crippen molar-refractivity contribution in [1.82, 2.24) is 10.3 Å². The third kappa shape index (κ3) is 4.55. The molecule has 3 rings (SSSR count). The SMILES string of the molecule is O=C(NCc1cccnc1)C(=O)Nc1ccc(Cl)c(N2CCCS2(=O)=O)c1. The zero-order valence-electron chi connectivity index (χ0n) is 14.2. The van der Waals surface area contributed by atoms with Crippen LogP contribution in [0.1, 0.15) is 12.0 Å². The number of pyridine rings is 1. The fourth-order valence-electron chi connectivity index (χ4n) is 2.64. The number of aromatic nitrogens is 1. The third-order valence-electron chi connectivity index (χ3n) is 3.95. The molecule has 0 bridgehead atoms. The van der Waals surface area contributed by atoms with Crippen LogP contribution in [-0.4, -0.2) is 37.5 Å². The van der Waals surface area contributed by atoms with Gasteiger partial charge in [0.2, 0.25) is 10.0 Å². The van der Waals surface area contributed by atoms with Crippen molar-refractivity contribution in [2.24, 2.45) is 0 Å². The van der Waals surface area contributed by atoms with Crippen molar-refractivity contribution in [1.29, 1.82) is 0 Å². The molecule has 1 aromatic heterocycles. The minimum atomic E-state index is -3.41. The summed E-state index contributed by atoms with van der Waals surface area (Å²) in [5.74, 6) is -1.63. The maximum absolute atomic E-state index is 12.1. The lowest BCUT2D eigenvalue weighted by atomic mass is 10.2.